The molecule has 0 radical (unpaired) electrons. The Morgan fingerprint density at radius 2 is 2.11 bits per heavy atom. The first-order valence-corrected chi connectivity index (χ1v) is 7.27. The molecule has 1 aliphatic rings. The van der Waals surface area contributed by atoms with Crippen LogP contribution in [0.15, 0.2) is 0 Å². The molecule has 1 saturated heterocycles. The van der Waals surface area contributed by atoms with E-state index in [-0.39, 0.29) is 6.09 Å². The molecule has 2 N–H and O–H groups in total. The Morgan fingerprint density at radius 1 is 1.37 bits per heavy atom. The minimum absolute atomic E-state index is 0.253. The van der Waals surface area contributed by atoms with E-state index >= 15 is 0 Å². The van der Waals surface area contributed by atoms with E-state index in [0.717, 1.165) is 26.1 Å². The lowest BCUT2D eigenvalue weighted by molar-refractivity contribution is 0.0299. The minimum atomic E-state index is -0.425. The Bertz CT molecular complexity index is 268. The van der Waals surface area contributed by atoms with Gasteiger partial charge in [-0.2, -0.15) is 0 Å². The molecule has 1 rings (SSSR count). The van der Waals surface area contributed by atoms with Crippen molar-refractivity contribution in [3.8, 4) is 0 Å². The number of carbonyl (C=O) groups excluding carboxylic acids is 1. The second-order valence-electron chi connectivity index (χ2n) is 6.23. The number of amides is 1. The van der Waals surface area contributed by atoms with E-state index in [9.17, 15) is 4.79 Å². The predicted octanol–water partition coefficient (Wildman–Crippen LogP) is 1.58. The van der Waals surface area contributed by atoms with Crippen LogP contribution in [0.1, 0.15) is 40.0 Å². The third-order valence-electron chi connectivity index (χ3n) is 3.16. The molecule has 1 heterocycles. The summed E-state index contributed by atoms with van der Waals surface area (Å²) >= 11 is 0. The molecule has 0 aromatic rings. The van der Waals surface area contributed by atoms with Crippen LogP contribution in [0.25, 0.3) is 0 Å². The quantitative estimate of drug-likeness (QED) is 0.815. The molecule has 1 amide bonds. The molecule has 5 nitrogen and oxygen atoms in total. The van der Waals surface area contributed by atoms with Crippen molar-refractivity contribution in [2.75, 3.05) is 33.2 Å². The molecule has 0 aliphatic carbocycles. The van der Waals surface area contributed by atoms with Gasteiger partial charge in [0.25, 0.3) is 0 Å². The topological polar surface area (TPSA) is 53.6 Å². The fourth-order valence-corrected chi connectivity index (χ4v) is 2.09. The minimum Gasteiger partial charge on any atom is -0.444 e. The summed E-state index contributed by atoms with van der Waals surface area (Å²) in [7, 11) is 1.78. The highest BCUT2D eigenvalue weighted by Crippen LogP contribution is 2.09. The molecular formula is C14H29N3O2. The molecule has 19 heavy (non-hydrogen) atoms. The van der Waals surface area contributed by atoms with E-state index < -0.39 is 5.60 Å². The Labute approximate surface area is 117 Å². The summed E-state index contributed by atoms with van der Waals surface area (Å²) in [4.78, 5) is 13.4. The number of likely N-dealkylation sites (N-methyl/N-ethyl adjacent to an activating group) is 1. The highest BCUT2D eigenvalue weighted by Gasteiger charge is 2.19. The molecule has 0 saturated carbocycles. The van der Waals surface area contributed by atoms with Gasteiger partial charge in [-0.1, -0.05) is 0 Å². The van der Waals surface area contributed by atoms with E-state index in [0.29, 0.717) is 12.6 Å². The molecule has 5 heteroatoms. The number of nitrogens with one attached hydrogen (secondary N) is 2. The fraction of sp³-hybridized carbons (Fsp3) is 0.929. The molecule has 1 fully saturated rings. The van der Waals surface area contributed by atoms with Gasteiger partial charge in [-0.25, -0.2) is 4.79 Å². The maximum atomic E-state index is 11.8. The predicted molar refractivity (Wildman–Crippen MR) is 77.4 cm³/mol. The molecule has 0 bridgehead atoms. The average Bonchev–Trinajstić information content (AvgIpc) is 2.55. The van der Waals surface area contributed by atoms with Gasteiger partial charge in [0.05, 0.1) is 0 Å². The SMILES string of the molecule is CN(CCNC1CCCNCC1)C(=O)OC(C)(C)C. The van der Waals surface area contributed by atoms with Crippen LogP contribution < -0.4 is 10.6 Å². The van der Waals surface area contributed by atoms with Crippen LogP contribution in [-0.2, 0) is 4.74 Å². The summed E-state index contributed by atoms with van der Waals surface area (Å²) < 4.78 is 5.31. The summed E-state index contributed by atoms with van der Waals surface area (Å²) in [5.41, 5.74) is -0.425. The molecule has 0 aromatic carbocycles. The van der Waals surface area contributed by atoms with Crippen LogP contribution in [0.3, 0.4) is 0 Å². The van der Waals surface area contributed by atoms with Crippen molar-refractivity contribution in [2.45, 2.75) is 51.7 Å². The van der Waals surface area contributed by atoms with Gasteiger partial charge < -0.3 is 20.3 Å². The van der Waals surface area contributed by atoms with E-state index in [1.54, 1.807) is 11.9 Å². The maximum Gasteiger partial charge on any atom is 0.410 e. The normalized spacial score (nSPS) is 20.7. The van der Waals surface area contributed by atoms with Gasteiger partial charge in [0, 0.05) is 26.2 Å². The van der Waals surface area contributed by atoms with Gasteiger partial charge in [-0.05, 0) is 53.1 Å². The Kier molecular flexibility index (Phi) is 6.58. The lowest BCUT2D eigenvalue weighted by atomic mass is 10.1. The van der Waals surface area contributed by atoms with Gasteiger partial charge >= 0.3 is 6.09 Å². The van der Waals surface area contributed by atoms with Crippen LogP contribution in [0.2, 0.25) is 0 Å². The molecule has 1 atom stereocenters. The van der Waals surface area contributed by atoms with Crippen LogP contribution in [-0.4, -0.2) is 55.9 Å². The monoisotopic (exact) mass is 271 g/mol. The third-order valence-corrected chi connectivity index (χ3v) is 3.16. The van der Waals surface area contributed by atoms with Crippen molar-refractivity contribution < 1.29 is 9.53 Å². The highest BCUT2D eigenvalue weighted by molar-refractivity contribution is 5.67. The summed E-state index contributed by atoms with van der Waals surface area (Å²) in [6, 6.07) is 0.571. The first-order valence-electron chi connectivity index (χ1n) is 7.27. The number of hydrogen-bond acceptors (Lipinski definition) is 4. The van der Waals surface area contributed by atoms with E-state index in [1.165, 1.54) is 12.8 Å². The standard InChI is InChI=1S/C14H29N3O2/c1-14(2,3)19-13(18)17(4)11-10-16-12-6-5-8-15-9-7-12/h12,15-16H,5-11H2,1-4H3. The number of nitrogens with zero attached hydrogens (tertiary/aromatic N) is 1. The van der Waals surface area contributed by atoms with Crippen LogP contribution in [0, 0.1) is 0 Å². The van der Waals surface area contributed by atoms with Gasteiger partial charge in [0.1, 0.15) is 5.60 Å². The number of carbonyl (C=O) groups is 1. The fourth-order valence-electron chi connectivity index (χ4n) is 2.09. The highest BCUT2D eigenvalue weighted by atomic mass is 16.6. The largest absolute Gasteiger partial charge is 0.444 e. The number of rotatable bonds is 4. The van der Waals surface area contributed by atoms with Gasteiger partial charge in [0.15, 0.2) is 0 Å². The Hall–Kier alpha value is -0.810. The van der Waals surface area contributed by atoms with E-state index in [1.807, 2.05) is 20.8 Å². The smallest absolute Gasteiger partial charge is 0.410 e. The lowest BCUT2D eigenvalue weighted by Crippen LogP contribution is -2.40. The molecular weight excluding hydrogens is 242 g/mol. The van der Waals surface area contributed by atoms with Crippen LogP contribution in [0.4, 0.5) is 4.79 Å². The van der Waals surface area contributed by atoms with Gasteiger partial charge in [-0.15, -0.1) is 0 Å². The summed E-state index contributed by atoms with van der Waals surface area (Å²) in [5, 5.41) is 6.92. The summed E-state index contributed by atoms with van der Waals surface area (Å²) in [6.07, 6.45) is 3.34. The first-order chi connectivity index (χ1) is 8.88. The molecule has 1 unspecified atom stereocenters. The Morgan fingerprint density at radius 3 is 2.79 bits per heavy atom. The second kappa shape index (κ2) is 7.70. The van der Waals surface area contributed by atoms with Crippen molar-refractivity contribution in [1.29, 1.82) is 0 Å². The van der Waals surface area contributed by atoms with Crippen molar-refractivity contribution >= 4 is 6.09 Å². The molecule has 112 valence electrons. The van der Waals surface area contributed by atoms with Gasteiger partial charge in [-0.3, -0.25) is 0 Å². The molecule has 0 spiro atoms. The van der Waals surface area contributed by atoms with Crippen molar-refractivity contribution in [1.82, 2.24) is 15.5 Å². The Balaban J connectivity index is 2.18. The van der Waals surface area contributed by atoms with Gasteiger partial charge in [0.2, 0.25) is 0 Å². The van der Waals surface area contributed by atoms with E-state index in [2.05, 4.69) is 10.6 Å². The zero-order valence-corrected chi connectivity index (χ0v) is 12.8. The maximum absolute atomic E-state index is 11.8. The van der Waals surface area contributed by atoms with Crippen molar-refractivity contribution in [3.63, 3.8) is 0 Å². The zero-order valence-electron chi connectivity index (χ0n) is 12.8. The summed E-state index contributed by atoms with van der Waals surface area (Å²) in [6.45, 7) is 9.36. The first kappa shape index (κ1) is 16.2. The van der Waals surface area contributed by atoms with Crippen LogP contribution >= 0.6 is 0 Å². The number of hydrogen-bond donors (Lipinski definition) is 2. The second-order valence-corrected chi connectivity index (χ2v) is 6.23. The average molecular weight is 271 g/mol. The van der Waals surface area contributed by atoms with Crippen LogP contribution in [0.5, 0.6) is 0 Å². The number of ether oxygens (including phenoxy) is 1. The van der Waals surface area contributed by atoms with Crippen molar-refractivity contribution in [3.05, 3.63) is 0 Å². The lowest BCUT2D eigenvalue weighted by Gasteiger charge is -2.25. The van der Waals surface area contributed by atoms with E-state index in [4.69, 9.17) is 4.74 Å². The molecule has 1 aliphatic heterocycles. The third kappa shape index (κ3) is 7.38. The molecule has 0 aromatic heterocycles. The zero-order chi connectivity index (χ0) is 14.3. The summed E-state index contributed by atoms with van der Waals surface area (Å²) in [5.74, 6) is 0. The van der Waals surface area contributed by atoms with Crippen molar-refractivity contribution in [2.24, 2.45) is 0 Å².